The van der Waals surface area contributed by atoms with Gasteiger partial charge < -0.3 is 0 Å². The lowest BCUT2D eigenvalue weighted by Gasteiger charge is -2.14. The third kappa shape index (κ3) is 3.56. The first-order valence-electron chi connectivity index (χ1n) is 7.98. The zero-order valence-electron chi connectivity index (χ0n) is 13.7. The highest BCUT2D eigenvalue weighted by Crippen LogP contribution is 2.25. The summed E-state index contributed by atoms with van der Waals surface area (Å²) in [5, 5.41) is 0. The van der Waals surface area contributed by atoms with E-state index in [-0.39, 0.29) is 29.6 Å². The molecular formula is C18H18N2O4S. The number of imide groups is 1. The fraction of sp³-hybridized carbons (Fsp3) is 0.222. The van der Waals surface area contributed by atoms with Gasteiger partial charge >= 0.3 is 0 Å². The van der Waals surface area contributed by atoms with E-state index in [1.54, 1.807) is 12.1 Å². The van der Waals surface area contributed by atoms with Crippen LogP contribution in [-0.2, 0) is 26.0 Å². The summed E-state index contributed by atoms with van der Waals surface area (Å²) in [4.78, 5) is 24.6. The number of anilines is 2. The van der Waals surface area contributed by atoms with Crippen molar-refractivity contribution in [3.63, 3.8) is 0 Å². The molecule has 130 valence electrons. The molecule has 1 heterocycles. The van der Waals surface area contributed by atoms with Gasteiger partial charge in [-0.25, -0.2) is 8.42 Å². The van der Waals surface area contributed by atoms with Crippen LogP contribution in [0, 0.1) is 0 Å². The van der Waals surface area contributed by atoms with Gasteiger partial charge in [-0.2, -0.15) is 0 Å². The number of carbonyl (C=O) groups excluding carboxylic acids is 2. The van der Waals surface area contributed by atoms with E-state index in [1.165, 1.54) is 24.3 Å². The Balaban J connectivity index is 1.80. The fourth-order valence-electron chi connectivity index (χ4n) is 2.66. The van der Waals surface area contributed by atoms with Crippen LogP contribution in [-0.4, -0.2) is 20.2 Å². The first-order chi connectivity index (χ1) is 11.9. The van der Waals surface area contributed by atoms with E-state index in [2.05, 4.69) is 4.72 Å². The molecule has 1 saturated heterocycles. The number of aryl methyl sites for hydroxylation is 1. The van der Waals surface area contributed by atoms with Gasteiger partial charge in [0.25, 0.3) is 10.0 Å². The van der Waals surface area contributed by atoms with Crippen LogP contribution in [0.4, 0.5) is 11.4 Å². The van der Waals surface area contributed by atoms with E-state index in [1.807, 2.05) is 19.1 Å². The van der Waals surface area contributed by atoms with Crippen molar-refractivity contribution in [2.75, 3.05) is 9.62 Å². The van der Waals surface area contributed by atoms with Crippen molar-refractivity contribution in [3.05, 3.63) is 54.1 Å². The summed E-state index contributed by atoms with van der Waals surface area (Å²) in [6.45, 7) is 2.02. The standard InChI is InChI=1S/C18H18N2O4S/c1-2-13-3-5-14(6-4-13)19-25(23,24)16-9-7-15(8-10-16)20-17(21)11-12-18(20)22/h3-10,19H,2,11-12H2,1H3. The molecule has 0 bridgehead atoms. The van der Waals surface area contributed by atoms with Crippen LogP contribution in [0.25, 0.3) is 0 Å². The number of sulfonamides is 1. The molecule has 25 heavy (non-hydrogen) atoms. The number of hydrogen-bond donors (Lipinski definition) is 1. The first kappa shape index (κ1) is 17.2. The Labute approximate surface area is 146 Å². The summed E-state index contributed by atoms with van der Waals surface area (Å²) < 4.78 is 27.4. The minimum atomic E-state index is -3.74. The average molecular weight is 358 g/mol. The van der Waals surface area contributed by atoms with Crippen molar-refractivity contribution >= 4 is 33.2 Å². The van der Waals surface area contributed by atoms with E-state index in [4.69, 9.17) is 0 Å². The maximum Gasteiger partial charge on any atom is 0.261 e. The molecule has 7 heteroatoms. The lowest BCUT2D eigenvalue weighted by molar-refractivity contribution is -0.121. The number of nitrogens with one attached hydrogen (secondary N) is 1. The highest BCUT2D eigenvalue weighted by atomic mass is 32.2. The number of rotatable bonds is 5. The highest BCUT2D eigenvalue weighted by Gasteiger charge is 2.30. The normalized spacial score (nSPS) is 14.8. The van der Waals surface area contributed by atoms with Gasteiger partial charge in [-0.3, -0.25) is 19.2 Å². The van der Waals surface area contributed by atoms with Gasteiger partial charge in [0.05, 0.1) is 10.6 Å². The molecule has 3 rings (SSSR count). The molecule has 0 aromatic heterocycles. The van der Waals surface area contributed by atoms with E-state index in [0.717, 1.165) is 16.9 Å². The van der Waals surface area contributed by atoms with Gasteiger partial charge in [0.2, 0.25) is 11.8 Å². The van der Waals surface area contributed by atoms with Crippen LogP contribution in [0.15, 0.2) is 53.4 Å². The second-order valence-corrected chi connectivity index (χ2v) is 7.46. The Morgan fingerprint density at radius 2 is 1.48 bits per heavy atom. The van der Waals surface area contributed by atoms with Crippen LogP contribution in [0.1, 0.15) is 25.3 Å². The number of carbonyl (C=O) groups is 2. The minimum absolute atomic E-state index is 0.0647. The molecule has 2 aromatic carbocycles. The van der Waals surface area contributed by atoms with Crippen LogP contribution < -0.4 is 9.62 Å². The Hall–Kier alpha value is -2.67. The second kappa shape index (κ2) is 6.68. The maximum absolute atomic E-state index is 12.5. The zero-order chi connectivity index (χ0) is 18.0. The SMILES string of the molecule is CCc1ccc(NS(=O)(=O)c2ccc(N3C(=O)CCC3=O)cc2)cc1. The number of benzene rings is 2. The predicted molar refractivity (Wildman–Crippen MR) is 94.8 cm³/mol. The number of nitrogens with zero attached hydrogens (tertiary/aromatic N) is 1. The second-order valence-electron chi connectivity index (χ2n) is 5.77. The smallest absolute Gasteiger partial charge is 0.261 e. The van der Waals surface area contributed by atoms with E-state index >= 15 is 0 Å². The molecule has 0 atom stereocenters. The number of amides is 2. The molecular weight excluding hydrogens is 340 g/mol. The lowest BCUT2D eigenvalue weighted by Crippen LogP contribution is -2.28. The van der Waals surface area contributed by atoms with E-state index in [0.29, 0.717) is 11.4 Å². The average Bonchev–Trinajstić information content (AvgIpc) is 2.94. The maximum atomic E-state index is 12.5. The zero-order valence-corrected chi connectivity index (χ0v) is 14.5. The molecule has 1 N–H and O–H groups in total. The predicted octanol–water partition coefficient (Wildman–Crippen LogP) is 2.70. The van der Waals surface area contributed by atoms with Gasteiger partial charge in [0.15, 0.2) is 0 Å². The number of hydrogen-bond acceptors (Lipinski definition) is 4. The van der Waals surface area contributed by atoms with Gasteiger partial charge in [-0.1, -0.05) is 19.1 Å². The van der Waals surface area contributed by atoms with Gasteiger partial charge in [0, 0.05) is 18.5 Å². The summed E-state index contributed by atoms with van der Waals surface area (Å²) in [6, 6.07) is 12.9. The molecule has 0 spiro atoms. The molecule has 0 aliphatic carbocycles. The third-order valence-corrected chi connectivity index (χ3v) is 5.47. The summed E-state index contributed by atoms with van der Waals surface area (Å²) in [5.41, 5.74) is 1.98. The quantitative estimate of drug-likeness (QED) is 0.833. The minimum Gasteiger partial charge on any atom is -0.280 e. The molecule has 6 nitrogen and oxygen atoms in total. The Kier molecular flexibility index (Phi) is 4.59. The van der Waals surface area contributed by atoms with Crippen molar-refractivity contribution in [2.45, 2.75) is 31.1 Å². The largest absolute Gasteiger partial charge is 0.280 e. The van der Waals surface area contributed by atoms with Crippen LogP contribution in [0.2, 0.25) is 0 Å². The van der Waals surface area contributed by atoms with Crippen molar-refractivity contribution in [1.29, 1.82) is 0 Å². The summed E-state index contributed by atoms with van der Waals surface area (Å²) >= 11 is 0. The molecule has 0 unspecified atom stereocenters. The van der Waals surface area contributed by atoms with Crippen molar-refractivity contribution in [1.82, 2.24) is 0 Å². The monoisotopic (exact) mass is 358 g/mol. The molecule has 2 amide bonds. The molecule has 1 aliphatic rings. The van der Waals surface area contributed by atoms with Gasteiger partial charge in [-0.05, 0) is 48.4 Å². The Morgan fingerprint density at radius 1 is 0.920 bits per heavy atom. The molecule has 0 radical (unpaired) electrons. The van der Waals surface area contributed by atoms with Crippen molar-refractivity contribution in [2.24, 2.45) is 0 Å². The van der Waals surface area contributed by atoms with Crippen molar-refractivity contribution < 1.29 is 18.0 Å². The van der Waals surface area contributed by atoms with E-state index < -0.39 is 10.0 Å². The van der Waals surface area contributed by atoms with Crippen LogP contribution >= 0.6 is 0 Å². The van der Waals surface area contributed by atoms with Gasteiger partial charge in [0.1, 0.15) is 0 Å². The molecule has 2 aromatic rings. The Morgan fingerprint density at radius 3 is 2.00 bits per heavy atom. The topological polar surface area (TPSA) is 83.6 Å². The molecule has 1 aliphatic heterocycles. The fourth-order valence-corrected chi connectivity index (χ4v) is 3.72. The Bertz CT molecular complexity index is 887. The third-order valence-electron chi connectivity index (χ3n) is 4.07. The lowest BCUT2D eigenvalue weighted by atomic mass is 10.2. The molecule has 1 fully saturated rings. The highest BCUT2D eigenvalue weighted by molar-refractivity contribution is 7.92. The van der Waals surface area contributed by atoms with Crippen molar-refractivity contribution in [3.8, 4) is 0 Å². The summed E-state index contributed by atoms with van der Waals surface area (Å²) in [5.74, 6) is -0.538. The molecule has 0 saturated carbocycles. The van der Waals surface area contributed by atoms with E-state index in [9.17, 15) is 18.0 Å². The van der Waals surface area contributed by atoms with Gasteiger partial charge in [-0.15, -0.1) is 0 Å². The summed E-state index contributed by atoms with van der Waals surface area (Å²) in [6.07, 6.45) is 1.25. The summed E-state index contributed by atoms with van der Waals surface area (Å²) in [7, 11) is -3.74. The van der Waals surface area contributed by atoms with Crippen LogP contribution in [0.3, 0.4) is 0 Å². The first-order valence-corrected chi connectivity index (χ1v) is 9.46. The van der Waals surface area contributed by atoms with Crippen LogP contribution in [0.5, 0.6) is 0 Å².